The van der Waals surface area contributed by atoms with Gasteiger partial charge in [-0.25, -0.2) is 4.79 Å². The Labute approximate surface area is 196 Å². The van der Waals surface area contributed by atoms with Gasteiger partial charge in [0.1, 0.15) is 6.61 Å². The lowest BCUT2D eigenvalue weighted by Gasteiger charge is -2.36. The smallest absolute Gasteiger partial charge is 0.336 e. The molecular weight excluding hydrogens is 442 g/mol. The van der Waals surface area contributed by atoms with Gasteiger partial charge in [-0.05, 0) is 56.7 Å². The van der Waals surface area contributed by atoms with Crippen molar-refractivity contribution in [3.63, 3.8) is 0 Å². The standard InChI is InChI=1S/C25H27NO4S2/c1-14-7-8-21(32-14)24-22(25(28)30-13-17-5-3-9-29-17)15(2)26-18-11-16(12-19(27)23(18)24)20-6-4-10-31-20/h4,6-8,10,16-17,24,26H,3,5,9,11-13H2,1-2H3/t16-,17+,24+/m1/s1. The fourth-order valence-electron chi connectivity index (χ4n) is 4.95. The summed E-state index contributed by atoms with van der Waals surface area (Å²) < 4.78 is 11.3. The number of ether oxygens (including phenoxy) is 2. The molecule has 4 heterocycles. The second-order valence-electron chi connectivity index (χ2n) is 8.71. The lowest BCUT2D eigenvalue weighted by Crippen LogP contribution is -2.36. The van der Waals surface area contributed by atoms with Crippen molar-refractivity contribution in [3.05, 3.63) is 66.8 Å². The van der Waals surface area contributed by atoms with Gasteiger partial charge in [0.05, 0.1) is 17.6 Å². The van der Waals surface area contributed by atoms with Crippen molar-refractivity contribution in [2.45, 2.75) is 57.5 Å². The van der Waals surface area contributed by atoms with Gasteiger partial charge in [-0.3, -0.25) is 4.79 Å². The Bertz CT molecular complexity index is 1090. The number of nitrogens with one attached hydrogen (secondary N) is 1. The molecule has 1 aliphatic carbocycles. The Morgan fingerprint density at radius 2 is 2.09 bits per heavy atom. The number of rotatable bonds is 5. The SMILES string of the molecule is CC1=C(C(=O)OC[C@@H]2CCCO2)[C@H](c2ccc(C)s2)C2=C(C[C@@H](c3cccs3)CC2=O)N1. The summed E-state index contributed by atoms with van der Waals surface area (Å²) in [6.07, 6.45) is 3.13. The van der Waals surface area contributed by atoms with E-state index in [9.17, 15) is 9.59 Å². The van der Waals surface area contributed by atoms with E-state index in [2.05, 4.69) is 22.8 Å². The predicted octanol–water partition coefficient (Wildman–Crippen LogP) is 5.20. The lowest BCUT2D eigenvalue weighted by molar-refractivity contribution is -0.142. The monoisotopic (exact) mass is 469 g/mol. The summed E-state index contributed by atoms with van der Waals surface area (Å²) in [5.74, 6) is -0.439. The number of Topliss-reactive ketones (excluding diaryl/α,β-unsaturated/α-hetero) is 1. The van der Waals surface area contributed by atoms with Gasteiger partial charge in [0.15, 0.2) is 5.78 Å². The van der Waals surface area contributed by atoms with Crippen LogP contribution in [0.4, 0.5) is 0 Å². The Morgan fingerprint density at radius 3 is 2.78 bits per heavy atom. The molecule has 2 aliphatic heterocycles. The van der Waals surface area contributed by atoms with Gasteiger partial charge in [-0.15, -0.1) is 22.7 Å². The van der Waals surface area contributed by atoms with Gasteiger partial charge in [-0.1, -0.05) is 6.07 Å². The first-order valence-electron chi connectivity index (χ1n) is 11.1. The summed E-state index contributed by atoms with van der Waals surface area (Å²) in [6, 6.07) is 8.23. The van der Waals surface area contributed by atoms with Crippen molar-refractivity contribution in [2.24, 2.45) is 0 Å². The molecule has 32 heavy (non-hydrogen) atoms. The van der Waals surface area contributed by atoms with Crippen LogP contribution in [0.2, 0.25) is 0 Å². The fourth-order valence-corrected chi connectivity index (χ4v) is 6.78. The van der Waals surface area contributed by atoms with Crippen molar-refractivity contribution in [3.8, 4) is 0 Å². The molecule has 7 heteroatoms. The lowest BCUT2D eigenvalue weighted by atomic mass is 9.74. The summed E-state index contributed by atoms with van der Waals surface area (Å²) in [6.45, 7) is 4.94. The molecule has 2 aromatic heterocycles. The molecule has 1 N–H and O–H groups in total. The number of carbonyl (C=O) groups excluding carboxylic acids is 2. The third-order valence-corrected chi connectivity index (χ3v) is 8.56. The van der Waals surface area contributed by atoms with Gasteiger partial charge in [-0.2, -0.15) is 0 Å². The van der Waals surface area contributed by atoms with Crippen LogP contribution in [0.3, 0.4) is 0 Å². The molecule has 0 saturated carbocycles. The highest BCUT2D eigenvalue weighted by Gasteiger charge is 2.42. The molecule has 0 spiro atoms. The number of allylic oxidation sites excluding steroid dienone is 3. The first-order chi connectivity index (χ1) is 15.5. The van der Waals surface area contributed by atoms with Gasteiger partial charge in [0.25, 0.3) is 0 Å². The Balaban J connectivity index is 1.48. The second kappa shape index (κ2) is 8.96. The molecule has 168 valence electrons. The first kappa shape index (κ1) is 21.6. The molecule has 1 fully saturated rings. The van der Waals surface area contributed by atoms with Gasteiger partial charge in [0.2, 0.25) is 0 Å². The zero-order valence-corrected chi connectivity index (χ0v) is 19.9. The molecule has 0 aromatic carbocycles. The van der Waals surface area contributed by atoms with Crippen LogP contribution in [-0.4, -0.2) is 31.1 Å². The van der Waals surface area contributed by atoms with Crippen molar-refractivity contribution in [1.29, 1.82) is 0 Å². The van der Waals surface area contributed by atoms with Crippen LogP contribution in [0, 0.1) is 6.92 Å². The second-order valence-corrected chi connectivity index (χ2v) is 11.0. The van der Waals surface area contributed by atoms with Crippen LogP contribution in [-0.2, 0) is 19.1 Å². The minimum absolute atomic E-state index is 0.0310. The van der Waals surface area contributed by atoms with Crippen molar-refractivity contribution < 1.29 is 19.1 Å². The molecule has 0 amide bonds. The third kappa shape index (κ3) is 4.09. The van der Waals surface area contributed by atoms with Gasteiger partial charge < -0.3 is 14.8 Å². The van der Waals surface area contributed by atoms with Gasteiger partial charge >= 0.3 is 5.97 Å². The van der Waals surface area contributed by atoms with E-state index < -0.39 is 0 Å². The molecule has 1 saturated heterocycles. The van der Waals surface area contributed by atoms with Crippen LogP contribution in [0.5, 0.6) is 0 Å². The van der Waals surface area contributed by atoms with E-state index >= 15 is 0 Å². The number of carbonyl (C=O) groups is 2. The summed E-state index contributed by atoms with van der Waals surface area (Å²) in [4.78, 5) is 30.2. The molecule has 0 bridgehead atoms. The number of dihydropyridines is 1. The topological polar surface area (TPSA) is 64.6 Å². The summed E-state index contributed by atoms with van der Waals surface area (Å²) in [5.41, 5.74) is 3.00. The van der Waals surface area contributed by atoms with Crippen molar-refractivity contribution >= 4 is 34.4 Å². The van der Waals surface area contributed by atoms with Crippen molar-refractivity contribution in [1.82, 2.24) is 5.32 Å². The number of ketones is 1. The highest BCUT2D eigenvalue weighted by atomic mass is 32.1. The maximum absolute atomic E-state index is 13.5. The van der Waals surface area contributed by atoms with Gasteiger partial charge in [0, 0.05) is 50.5 Å². The Morgan fingerprint density at radius 1 is 1.22 bits per heavy atom. The molecule has 2 aromatic rings. The number of hydrogen-bond acceptors (Lipinski definition) is 7. The van der Waals surface area contributed by atoms with Crippen LogP contribution < -0.4 is 5.32 Å². The molecule has 0 unspecified atom stereocenters. The van der Waals surface area contributed by atoms with Crippen LogP contribution in [0.15, 0.2) is 52.2 Å². The molecule has 5 rings (SSSR count). The van der Waals surface area contributed by atoms with Crippen LogP contribution in [0.25, 0.3) is 0 Å². The van der Waals surface area contributed by atoms with E-state index in [0.717, 1.165) is 52.6 Å². The average Bonchev–Trinajstić information content (AvgIpc) is 3.53. The minimum atomic E-state index is -0.376. The predicted molar refractivity (Wildman–Crippen MR) is 126 cm³/mol. The maximum Gasteiger partial charge on any atom is 0.336 e. The summed E-state index contributed by atoms with van der Waals surface area (Å²) in [5, 5.41) is 5.48. The molecule has 0 radical (unpaired) electrons. The number of thiophene rings is 2. The van der Waals surface area contributed by atoms with E-state index in [4.69, 9.17) is 9.47 Å². The number of hydrogen-bond donors (Lipinski definition) is 1. The van der Waals surface area contributed by atoms with E-state index in [-0.39, 0.29) is 36.3 Å². The Kier molecular flexibility index (Phi) is 6.05. The van der Waals surface area contributed by atoms with Crippen LogP contribution in [0.1, 0.15) is 59.1 Å². The zero-order chi connectivity index (χ0) is 22.2. The minimum Gasteiger partial charge on any atom is -0.459 e. The summed E-state index contributed by atoms with van der Waals surface area (Å²) >= 11 is 3.34. The molecule has 3 atom stereocenters. The average molecular weight is 470 g/mol. The van der Waals surface area contributed by atoms with Crippen molar-refractivity contribution in [2.75, 3.05) is 13.2 Å². The number of esters is 1. The largest absolute Gasteiger partial charge is 0.459 e. The maximum atomic E-state index is 13.5. The highest BCUT2D eigenvalue weighted by molar-refractivity contribution is 7.12. The van der Waals surface area contributed by atoms with E-state index in [1.165, 1.54) is 4.88 Å². The number of aryl methyl sites for hydroxylation is 1. The van der Waals surface area contributed by atoms with E-state index in [0.29, 0.717) is 12.0 Å². The molecule has 5 nitrogen and oxygen atoms in total. The molecule has 3 aliphatic rings. The summed E-state index contributed by atoms with van der Waals surface area (Å²) in [7, 11) is 0. The normalized spacial score (nSPS) is 25.7. The molecular formula is C25H27NO4S2. The van der Waals surface area contributed by atoms with E-state index in [1.54, 1.807) is 22.7 Å². The highest BCUT2D eigenvalue weighted by Crippen LogP contribution is 2.47. The quantitative estimate of drug-likeness (QED) is 0.610. The first-order valence-corrected chi connectivity index (χ1v) is 12.8. The fraction of sp³-hybridized carbons (Fsp3) is 0.440. The Hall–Kier alpha value is -2.22. The third-order valence-electron chi connectivity index (χ3n) is 6.46. The zero-order valence-electron chi connectivity index (χ0n) is 18.3. The van der Waals surface area contributed by atoms with E-state index in [1.807, 2.05) is 26.0 Å². The van der Waals surface area contributed by atoms with Crippen LogP contribution >= 0.6 is 22.7 Å².